The molecule has 1 aliphatic rings. The van der Waals surface area contributed by atoms with Crippen LogP contribution in [0.25, 0.3) is 0 Å². The molecule has 0 radical (unpaired) electrons. The van der Waals surface area contributed by atoms with Gasteiger partial charge in [-0.3, -0.25) is 4.79 Å². The number of halogens is 1. The molecule has 4 nitrogen and oxygen atoms in total. The molecule has 0 amide bonds. The highest BCUT2D eigenvalue weighted by atomic mass is 19.1. The molecular weight excluding hydrogens is 263 g/mol. The molecule has 2 rings (SSSR count). The predicted molar refractivity (Wildman–Crippen MR) is 69.8 cm³/mol. The second kappa shape index (κ2) is 4.92. The fourth-order valence-electron chi connectivity index (χ4n) is 2.49. The Bertz CT molecular complexity index is 645. The molecule has 0 saturated carbocycles. The molecule has 0 heterocycles. The molecule has 1 aromatic rings. The van der Waals surface area contributed by atoms with Crippen LogP contribution in [-0.2, 0) is 15.0 Å². The summed E-state index contributed by atoms with van der Waals surface area (Å²) in [6.45, 7) is 1.60. The molecule has 5 heteroatoms. The molecule has 0 aromatic heterocycles. The highest BCUT2D eigenvalue weighted by molar-refractivity contribution is 5.93. The largest absolute Gasteiger partial charge is 0.480 e. The van der Waals surface area contributed by atoms with E-state index in [1.807, 2.05) is 0 Å². The molecule has 20 heavy (non-hydrogen) atoms. The maximum Gasteiger partial charge on any atom is 0.331 e. The standard InChI is InChI=1S/C15H13FO4/c1-9-6-10(13(17)18)8-15(7-9,14(19)20)11-4-2-3-5-12(11)16/h2-7H,8H2,1H3,(H,17,18)(H,19,20). The summed E-state index contributed by atoms with van der Waals surface area (Å²) in [4.78, 5) is 22.9. The van der Waals surface area contributed by atoms with Crippen molar-refractivity contribution in [2.75, 3.05) is 0 Å². The third kappa shape index (κ3) is 2.22. The Labute approximate surface area is 114 Å². The zero-order valence-electron chi connectivity index (χ0n) is 10.8. The second-order valence-electron chi connectivity index (χ2n) is 4.80. The average Bonchev–Trinajstić information content (AvgIpc) is 2.38. The highest BCUT2D eigenvalue weighted by Gasteiger charge is 2.43. The SMILES string of the molecule is CC1=CC(C(=O)O)(c2ccccc2F)CC(C(=O)O)=C1. The smallest absolute Gasteiger partial charge is 0.331 e. The van der Waals surface area contributed by atoms with Crippen LogP contribution in [0.3, 0.4) is 0 Å². The van der Waals surface area contributed by atoms with E-state index in [-0.39, 0.29) is 17.6 Å². The highest BCUT2D eigenvalue weighted by Crippen LogP contribution is 2.39. The maximum absolute atomic E-state index is 14.0. The van der Waals surface area contributed by atoms with Gasteiger partial charge in [-0.15, -0.1) is 0 Å². The van der Waals surface area contributed by atoms with E-state index in [4.69, 9.17) is 5.11 Å². The van der Waals surface area contributed by atoms with E-state index in [1.54, 1.807) is 6.92 Å². The van der Waals surface area contributed by atoms with Crippen LogP contribution in [-0.4, -0.2) is 22.2 Å². The molecular formula is C15H13FO4. The number of allylic oxidation sites excluding steroid dienone is 2. The molecule has 1 unspecified atom stereocenters. The van der Waals surface area contributed by atoms with Crippen LogP contribution in [0.5, 0.6) is 0 Å². The van der Waals surface area contributed by atoms with Gasteiger partial charge in [-0.25, -0.2) is 9.18 Å². The summed E-state index contributed by atoms with van der Waals surface area (Å²) in [5.74, 6) is -3.13. The van der Waals surface area contributed by atoms with Gasteiger partial charge >= 0.3 is 11.9 Å². The first-order chi connectivity index (χ1) is 9.36. The predicted octanol–water partition coefficient (Wildman–Crippen LogP) is 2.51. The number of carbonyl (C=O) groups is 2. The van der Waals surface area contributed by atoms with Crippen molar-refractivity contribution in [2.45, 2.75) is 18.8 Å². The first kappa shape index (κ1) is 14.0. The lowest BCUT2D eigenvalue weighted by Gasteiger charge is -2.30. The number of carboxylic acid groups (broad SMARTS) is 2. The molecule has 0 aliphatic heterocycles. The number of rotatable bonds is 3. The summed E-state index contributed by atoms with van der Waals surface area (Å²) in [7, 11) is 0. The van der Waals surface area contributed by atoms with Gasteiger partial charge in [0, 0.05) is 17.6 Å². The summed E-state index contributed by atoms with van der Waals surface area (Å²) >= 11 is 0. The van der Waals surface area contributed by atoms with Crippen molar-refractivity contribution in [1.29, 1.82) is 0 Å². The molecule has 2 N–H and O–H groups in total. The van der Waals surface area contributed by atoms with Gasteiger partial charge < -0.3 is 10.2 Å². The van der Waals surface area contributed by atoms with Gasteiger partial charge in [0.1, 0.15) is 11.2 Å². The van der Waals surface area contributed by atoms with E-state index in [2.05, 4.69) is 0 Å². The van der Waals surface area contributed by atoms with E-state index < -0.39 is 23.2 Å². The number of hydrogen-bond acceptors (Lipinski definition) is 2. The lowest BCUT2D eigenvalue weighted by molar-refractivity contribution is -0.142. The molecule has 0 saturated heterocycles. The van der Waals surface area contributed by atoms with Crippen molar-refractivity contribution in [3.8, 4) is 0 Å². The third-order valence-electron chi connectivity index (χ3n) is 3.36. The first-order valence-corrected chi connectivity index (χ1v) is 5.98. The van der Waals surface area contributed by atoms with Gasteiger partial charge in [0.05, 0.1) is 0 Å². The Morgan fingerprint density at radius 2 is 1.90 bits per heavy atom. The quantitative estimate of drug-likeness (QED) is 0.889. The van der Waals surface area contributed by atoms with E-state index in [9.17, 15) is 19.1 Å². The summed E-state index contributed by atoms with van der Waals surface area (Å²) in [6.07, 6.45) is 2.53. The minimum atomic E-state index is -1.68. The normalized spacial score (nSPS) is 21.9. The van der Waals surface area contributed by atoms with Crippen LogP contribution in [0.2, 0.25) is 0 Å². The van der Waals surface area contributed by atoms with Crippen molar-refractivity contribution < 1.29 is 24.2 Å². The average molecular weight is 276 g/mol. The van der Waals surface area contributed by atoms with Crippen molar-refractivity contribution in [1.82, 2.24) is 0 Å². The fourth-order valence-corrected chi connectivity index (χ4v) is 2.49. The Balaban J connectivity index is 2.65. The lowest BCUT2D eigenvalue weighted by Crippen LogP contribution is -2.38. The Kier molecular flexibility index (Phi) is 3.44. The van der Waals surface area contributed by atoms with Crippen LogP contribution in [0.1, 0.15) is 18.9 Å². The lowest BCUT2D eigenvalue weighted by atomic mass is 9.71. The summed E-state index contributed by atoms with van der Waals surface area (Å²) in [6, 6.07) is 5.53. The van der Waals surface area contributed by atoms with Crippen LogP contribution < -0.4 is 0 Å². The summed E-state index contributed by atoms with van der Waals surface area (Å²) in [5.41, 5.74) is -1.27. The van der Waals surface area contributed by atoms with Gasteiger partial charge in [0.15, 0.2) is 0 Å². The molecule has 104 valence electrons. The van der Waals surface area contributed by atoms with Gasteiger partial charge in [0.25, 0.3) is 0 Å². The van der Waals surface area contributed by atoms with Crippen molar-refractivity contribution >= 4 is 11.9 Å². The van der Waals surface area contributed by atoms with Gasteiger partial charge in [-0.05, 0) is 19.1 Å². The number of carboxylic acids is 2. The minimum Gasteiger partial charge on any atom is -0.480 e. The Morgan fingerprint density at radius 3 is 2.45 bits per heavy atom. The second-order valence-corrected chi connectivity index (χ2v) is 4.80. The Morgan fingerprint density at radius 1 is 1.25 bits per heavy atom. The monoisotopic (exact) mass is 276 g/mol. The molecule has 1 aromatic carbocycles. The van der Waals surface area contributed by atoms with Gasteiger partial charge in [-0.2, -0.15) is 0 Å². The first-order valence-electron chi connectivity index (χ1n) is 5.98. The third-order valence-corrected chi connectivity index (χ3v) is 3.36. The maximum atomic E-state index is 14.0. The van der Waals surface area contributed by atoms with Gasteiger partial charge in [-0.1, -0.05) is 29.8 Å². The topological polar surface area (TPSA) is 74.6 Å². The van der Waals surface area contributed by atoms with Crippen molar-refractivity contribution in [3.63, 3.8) is 0 Å². The zero-order valence-corrected chi connectivity index (χ0v) is 10.8. The van der Waals surface area contributed by atoms with Crippen molar-refractivity contribution in [3.05, 3.63) is 58.9 Å². The van der Waals surface area contributed by atoms with E-state index >= 15 is 0 Å². The molecule has 0 bridgehead atoms. The number of aliphatic carboxylic acids is 2. The molecule has 0 spiro atoms. The van der Waals surface area contributed by atoms with E-state index in [0.717, 1.165) is 0 Å². The summed E-state index contributed by atoms with van der Waals surface area (Å²) < 4.78 is 14.0. The van der Waals surface area contributed by atoms with Crippen LogP contribution >= 0.6 is 0 Å². The Hall–Kier alpha value is -2.43. The van der Waals surface area contributed by atoms with E-state index in [0.29, 0.717) is 5.57 Å². The van der Waals surface area contributed by atoms with Gasteiger partial charge in [0.2, 0.25) is 0 Å². The fraction of sp³-hybridized carbons (Fsp3) is 0.200. The van der Waals surface area contributed by atoms with Crippen LogP contribution in [0.4, 0.5) is 4.39 Å². The molecule has 1 aliphatic carbocycles. The van der Waals surface area contributed by atoms with Crippen molar-refractivity contribution in [2.24, 2.45) is 0 Å². The molecule has 0 fully saturated rings. The number of benzene rings is 1. The molecule has 1 atom stereocenters. The number of hydrogen-bond donors (Lipinski definition) is 2. The zero-order chi connectivity index (χ0) is 14.9. The summed E-state index contributed by atoms with van der Waals surface area (Å²) in [5, 5.41) is 18.7. The van der Waals surface area contributed by atoms with E-state index in [1.165, 1.54) is 36.4 Å². The van der Waals surface area contributed by atoms with Crippen LogP contribution in [0.15, 0.2) is 47.6 Å². The van der Waals surface area contributed by atoms with Crippen LogP contribution in [0, 0.1) is 5.82 Å². The minimum absolute atomic E-state index is 0.0290.